The van der Waals surface area contributed by atoms with Crippen LogP contribution in [0.15, 0.2) is 17.1 Å². The first-order chi connectivity index (χ1) is 12.2. The molecule has 0 heterocycles. The van der Waals surface area contributed by atoms with Crippen LogP contribution in [-0.2, 0) is 6.42 Å². The van der Waals surface area contributed by atoms with Crippen LogP contribution in [0.25, 0.3) is 0 Å². The Morgan fingerprint density at radius 2 is 1.77 bits per heavy atom. The summed E-state index contributed by atoms with van der Waals surface area (Å²) in [5.41, 5.74) is 1.06. The highest BCUT2D eigenvalue weighted by Crippen LogP contribution is 2.39. The van der Waals surface area contributed by atoms with Gasteiger partial charge in [-0.15, -0.1) is 24.0 Å². The van der Waals surface area contributed by atoms with Gasteiger partial charge in [0.25, 0.3) is 0 Å². The lowest BCUT2D eigenvalue weighted by atomic mass is 10.1. The van der Waals surface area contributed by atoms with Crippen LogP contribution < -0.4 is 24.8 Å². The SMILES string of the molecule is CCNC(=NCCc1ccc(OC)c(OC)c1OC)NC1CCCC1.I. The Bertz CT molecular complexity index is 575. The van der Waals surface area contributed by atoms with E-state index in [0.717, 1.165) is 24.5 Å². The largest absolute Gasteiger partial charge is 0.493 e. The molecule has 0 aliphatic heterocycles. The van der Waals surface area contributed by atoms with E-state index in [2.05, 4.69) is 17.6 Å². The quantitative estimate of drug-likeness (QED) is 0.342. The lowest BCUT2D eigenvalue weighted by Gasteiger charge is -2.17. The van der Waals surface area contributed by atoms with Crippen molar-refractivity contribution in [3.05, 3.63) is 17.7 Å². The van der Waals surface area contributed by atoms with Gasteiger partial charge in [-0.25, -0.2) is 0 Å². The van der Waals surface area contributed by atoms with Gasteiger partial charge < -0.3 is 24.8 Å². The maximum Gasteiger partial charge on any atom is 0.203 e. The van der Waals surface area contributed by atoms with Gasteiger partial charge in [-0.1, -0.05) is 18.9 Å². The molecule has 0 saturated heterocycles. The number of nitrogens with one attached hydrogen (secondary N) is 2. The fraction of sp³-hybridized carbons (Fsp3) is 0.632. The molecule has 148 valence electrons. The third kappa shape index (κ3) is 6.10. The summed E-state index contributed by atoms with van der Waals surface area (Å²) in [6.07, 6.45) is 5.84. The van der Waals surface area contributed by atoms with Gasteiger partial charge in [-0.05, 0) is 32.3 Å². The minimum atomic E-state index is 0. The maximum atomic E-state index is 5.54. The number of halogens is 1. The van der Waals surface area contributed by atoms with Gasteiger partial charge in [0.15, 0.2) is 17.5 Å². The Morgan fingerprint density at radius 3 is 2.35 bits per heavy atom. The fourth-order valence-electron chi connectivity index (χ4n) is 3.23. The van der Waals surface area contributed by atoms with Crippen LogP contribution in [0.3, 0.4) is 0 Å². The third-order valence-corrected chi connectivity index (χ3v) is 4.48. The maximum absolute atomic E-state index is 5.54. The molecule has 2 N–H and O–H groups in total. The smallest absolute Gasteiger partial charge is 0.203 e. The molecule has 1 fully saturated rings. The lowest BCUT2D eigenvalue weighted by molar-refractivity contribution is 0.322. The number of hydrogen-bond donors (Lipinski definition) is 2. The van der Waals surface area contributed by atoms with E-state index in [1.165, 1.54) is 25.7 Å². The van der Waals surface area contributed by atoms with Crippen LogP contribution >= 0.6 is 24.0 Å². The standard InChI is InChI=1S/C19H31N3O3.HI/c1-5-20-19(22-15-8-6-7-9-15)21-13-12-14-10-11-16(23-2)18(25-4)17(14)24-3;/h10-11,15H,5-9,12-13H2,1-4H3,(H2,20,21,22);1H. The van der Waals surface area contributed by atoms with E-state index in [1.54, 1.807) is 21.3 Å². The highest BCUT2D eigenvalue weighted by molar-refractivity contribution is 14.0. The van der Waals surface area contributed by atoms with Crippen LogP contribution in [-0.4, -0.2) is 46.4 Å². The topological polar surface area (TPSA) is 64.1 Å². The molecule has 1 aliphatic rings. The molecule has 0 bridgehead atoms. The Morgan fingerprint density at radius 1 is 1.08 bits per heavy atom. The van der Waals surface area contributed by atoms with E-state index in [9.17, 15) is 0 Å². The molecule has 0 unspecified atom stereocenters. The summed E-state index contributed by atoms with van der Waals surface area (Å²) in [5.74, 6) is 2.91. The van der Waals surface area contributed by atoms with Crippen LogP contribution in [0.1, 0.15) is 38.2 Å². The van der Waals surface area contributed by atoms with Crippen molar-refractivity contribution in [3.8, 4) is 17.2 Å². The van der Waals surface area contributed by atoms with Gasteiger partial charge in [0.05, 0.1) is 21.3 Å². The molecule has 0 spiro atoms. The second kappa shape index (κ2) is 12.1. The average molecular weight is 477 g/mol. The molecule has 0 atom stereocenters. The predicted molar refractivity (Wildman–Crippen MR) is 117 cm³/mol. The van der Waals surface area contributed by atoms with Gasteiger partial charge in [0, 0.05) is 24.7 Å². The van der Waals surface area contributed by atoms with E-state index < -0.39 is 0 Å². The van der Waals surface area contributed by atoms with Crippen LogP contribution in [0, 0.1) is 0 Å². The zero-order valence-corrected chi connectivity index (χ0v) is 18.6. The van der Waals surface area contributed by atoms with E-state index in [0.29, 0.717) is 29.8 Å². The highest BCUT2D eigenvalue weighted by atomic mass is 127. The van der Waals surface area contributed by atoms with E-state index in [1.807, 2.05) is 12.1 Å². The normalized spacial score (nSPS) is 14.5. The molecule has 0 aromatic heterocycles. The van der Waals surface area contributed by atoms with Crippen molar-refractivity contribution in [2.75, 3.05) is 34.4 Å². The second-order valence-corrected chi connectivity index (χ2v) is 6.13. The van der Waals surface area contributed by atoms with E-state index >= 15 is 0 Å². The second-order valence-electron chi connectivity index (χ2n) is 6.13. The van der Waals surface area contributed by atoms with Crippen molar-refractivity contribution in [2.24, 2.45) is 4.99 Å². The number of aliphatic imine (C=N–C) groups is 1. The molecule has 0 radical (unpaired) electrons. The fourth-order valence-corrected chi connectivity index (χ4v) is 3.23. The molecular formula is C19H32IN3O3. The zero-order chi connectivity index (χ0) is 18.1. The monoisotopic (exact) mass is 477 g/mol. The van der Waals surface area contributed by atoms with Crippen molar-refractivity contribution in [1.82, 2.24) is 10.6 Å². The third-order valence-electron chi connectivity index (χ3n) is 4.48. The Hall–Kier alpha value is -1.38. The molecule has 1 saturated carbocycles. The van der Waals surface area contributed by atoms with E-state index in [-0.39, 0.29) is 24.0 Å². The van der Waals surface area contributed by atoms with E-state index in [4.69, 9.17) is 19.2 Å². The molecule has 7 heteroatoms. The first-order valence-corrected chi connectivity index (χ1v) is 9.06. The van der Waals surface area contributed by atoms with Crippen molar-refractivity contribution in [2.45, 2.75) is 45.1 Å². The van der Waals surface area contributed by atoms with Gasteiger partial charge in [0.1, 0.15) is 0 Å². The average Bonchev–Trinajstić information content (AvgIpc) is 3.14. The first-order valence-electron chi connectivity index (χ1n) is 9.06. The zero-order valence-electron chi connectivity index (χ0n) is 16.3. The molecule has 1 aromatic rings. The summed E-state index contributed by atoms with van der Waals surface area (Å²) in [5, 5.41) is 6.86. The number of hydrogen-bond acceptors (Lipinski definition) is 4. The molecule has 1 aromatic carbocycles. The van der Waals surface area contributed by atoms with Crippen molar-refractivity contribution in [1.29, 1.82) is 0 Å². The van der Waals surface area contributed by atoms with Gasteiger partial charge in [-0.3, -0.25) is 4.99 Å². The molecule has 1 aliphatic carbocycles. The Kier molecular flexibility index (Phi) is 10.5. The molecule has 26 heavy (non-hydrogen) atoms. The highest BCUT2D eigenvalue weighted by Gasteiger charge is 2.17. The predicted octanol–water partition coefficient (Wildman–Crippen LogP) is 3.37. The number of guanidine groups is 1. The molecule has 2 rings (SSSR count). The van der Waals surface area contributed by atoms with Gasteiger partial charge >= 0.3 is 0 Å². The summed E-state index contributed by atoms with van der Waals surface area (Å²) in [4.78, 5) is 4.71. The van der Waals surface area contributed by atoms with Gasteiger partial charge in [-0.2, -0.15) is 0 Å². The summed E-state index contributed by atoms with van der Waals surface area (Å²) in [6.45, 7) is 3.62. The molecule has 0 amide bonds. The first kappa shape index (κ1) is 22.7. The number of methoxy groups -OCH3 is 3. The Balaban J connectivity index is 0.00000338. The lowest BCUT2D eigenvalue weighted by Crippen LogP contribution is -2.42. The molecule has 6 nitrogen and oxygen atoms in total. The number of benzene rings is 1. The van der Waals surface area contributed by atoms with Crippen molar-refractivity contribution < 1.29 is 14.2 Å². The minimum absolute atomic E-state index is 0. The summed E-state index contributed by atoms with van der Waals surface area (Å²) >= 11 is 0. The number of nitrogens with zero attached hydrogens (tertiary/aromatic N) is 1. The van der Waals surface area contributed by atoms with Crippen LogP contribution in [0.4, 0.5) is 0 Å². The van der Waals surface area contributed by atoms with Crippen molar-refractivity contribution in [3.63, 3.8) is 0 Å². The molecular weight excluding hydrogens is 445 g/mol. The van der Waals surface area contributed by atoms with Crippen LogP contribution in [0.5, 0.6) is 17.2 Å². The Labute approximate surface area is 174 Å². The number of ether oxygens (including phenoxy) is 3. The van der Waals surface area contributed by atoms with Crippen molar-refractivity contribution >= 4 is 29.9 Å². The number of rotatable bonds is 8. The minimum Gasteiger partial charge on any atom is -0.493 e. The summed E-state index contributed by atoms with van der Waals surface area (Å²) in [7, 11) is 4.89. The van der Waals surface area contributed by atoms with Crippen LogP contribution in [0.2, 0.25) is 0 Å². The summed E-state index contributed by atoms with van der Waals surface area (Å²) in [6, 6.07) is 4.46. The van der Waals surface area contributed by atoms with Gasteiger partial charge in [0.2, 0.25) is 5.75 Å². The summed E-state index contributed by atoms with van der Waals surface area (Å²) < 4.78 is 16.3.